The van der Waals surface area contributed by atoms with Gasteiger partial charge in [0, 0.05) is 19.3 Å². The number of carbonyl (C=O) groups is 3. The maximum absolute atomic E-state index is 12.8. The van der Waals surface area contributed by atoms with Gasteiger partial charge in [-0.3, -0.25) is 23.4 Å². The number of aliphatic hydroxyl groups excluding tert-OH is 1. The van der Waals surface area contributed by atoms with Gasteiger partial charge in [0.25, 0.3) is 0 Å². The third-order valence-corrected chi connectivity index (χ3v) is 11.9. The molecule has 0 saturated heterocycles. The van der Waals surface area contributed by atoms with Gasteiger partial charge in [-0.05, 0) is 83.5 Å². The highest BCUT2D eigenvalue weighted by Crippen LogP contribution is 2.43. The zero-order valence-corrected chi connectivity index (χ0v) is 42.8. The van der Waals surface area contributed by atoms with Crippen molar-refractivity contribution in [2.45, 2.75) is 238 Å². The lowest BCUT2D eigenvalue weighted by Crippen LogP contribution is -2.30. The van der Waals surface area contributed by atoms with Crippen LogP contribution in [0.4, 0.5) is 0 Å². The van der Waals surface area contributed by atoms with Gasteiger partial charge >= 0.3 is 25.7 Å². The van der Waals surface area contributed by atoms with E-state index in [1.807, 2.05) is 0 Å². The first-order valence-electron chi connectivity index (χ1n) is 26.2. The Labute approximate surface area is 402 Å². The van der Waals surface area contributed by atoms with Crippen LogP contribution in [0.5, 0.6) is 0 Å². The standard InChI is InChI=1S/C54H95O11P/c1-4-7-10-13-16-19-21-23-25-27-29-32-34-37-40-43-52(56)61-47-51(65-54(58)45-42-39-36-33-30-28-26-24-22-20-17-14-11-8-5-2)49-63-66(59,60)62-48-50(46-55)64-53(57)44-41-38-35-31-18-15-12-9-6-3/h8,11,16-17,19-20,23-26,50-51,55H,4-7,9-10,12-15,18,21-22,27-49H2,1-3H3,(H,59,60)/b11-8-,19-16-,20-17-,25-23-,26-24-. The van der Waals surface area contributed by atoms with Gasteiger partial charge in [0.05, 0.1) is 19.8 Å². The molecule has 0 aromatic carbocycles. The van der Waals surface area contributed by atoms with Gasteiger partial charge in [-0.1, -0.05) is 184 Å². The van der Waals surface area contributed by atoms with E-state index >= 15 is 0 Å². The van der Waals surface area contributed by atoms with Crippen molar-refractivity contribution in [3.05, 3.63) is 60.8 Å². The van der Waals surface area contributed by atoms with E-state index in [2.05, 4.69) is 81.5 Å². The lowest BCUT2D eigenvalue weighted by atomic mass is 10.1. The van der Waals surface area contributed by atoms with Crippen LogP contribution in [0.1, 0.15) is 226 Å². The summed E-state index contributed by atoms with van der Waals surface area (Å²) in [5, 5.41) is 9.74. The average molecular weight is 951 g/mol. The molecule has 0 radical (unpaired) electrons. The smallest absolute Gasteiger partial charge is 0.462 e. The zero-order chi connectivity index (χ0) is 48.4. The van der Waals surface area contributed by atoms with E-state index in [0.29, 0.717) is 19.3 Å². The molecule has 0 bridgehead atoms. The second-order valence-corrected chi connectivity index (χ2v) is 18.8. The third-order valence-electron chi connectivity index (χ3n) is 10.9. The number of hydrogen-bond acceptors (Lipinski definition) is 10. The molecule has 0 aromatic heterocycles. The van der Waals surface area contributed by atoms with Gasteiger partial charge in [0.2, 0.25) is 0 Å². The summed E-state index contributed by atoms with van der Waals surface area (Å²) in [6, 6.07) is 0. The Morgan fingerprint density at radius 3 is 1.24 bits per heavy atom. The quantitative estimate of drug-likeness (QED) is 0.0197. The molecule has 0 saturated carbocycles. The summed E-state index contributed by atoms with van der Waals surface area (Å²) in [6.45, 7) is 4.44. The molecule has 2 N–H and O–H groups in total. The van der Waals surface area contributed by atoms with Crippen molar-refractivity contribution in [3.63, 3.8) is 0 Å². The Balaban J connectivity index is 4.79. The topological polar surface area (TPSA) is 155 Å². The van der Waals surface area contributed by atoms with Crippen LogP contribution in [0, 0.1) is 0 Å². The molecule has 0 aliphatic heterocycles. The second-order valence-electron chi connectivity index (χ2n) is 17.3. The molecule has 0 aromatic rings. The van der Waals surface area contributed by atoms with E-state index in [-0.39, 0.29) is 25.9 Å². The number of hydrogen-bond donors (Lipinski definition) is 2. The molecule has 12 heteroatoms. The first-order valence-corrected chi connectivity index (χ1v) is 27.7. The van der Waals surface area contributed by atoms with Gasteiger partial charge in [-0.25, -0.2) is 4.57 Å². The predicted molar refractivity (Wildman–Crippen MR) is 270 cm³/mol. The number of unbranched alkanes of at least 4 members (excludes halogenated alkanes) is 21. The first kappa shape index (κ1) is 63.2. The molecule has 0 rings (SSSR count). The van der Waals surface area contributed by atoms with Gasteiger partial charge in [-0.15, -0.1) is 0 Å². The minimum absolute atomic E-state index is 0.145. The first-order chi connectivity index (χ1) is 32.2. The molecule has 0 spiro atoms. The van der Waals surface area contributed by atoms with Crippen molar-refractivity contribution in [1.82, 2.24) is 0 Å². The Morgan fingerprint density at radius 1 is 0.439 bits per heavy atom. The van der Waals surface area contributed by atoms with Gasteiger partial charge in [0.1, 0.15) is 12.7 Å². The van der Waals surface area contributed by atoms with Crippen molar-refractivity contribution < 1.29 is 52.2 Å². The van der Waals surface area contributed by atoms with Crippen LogP contribution in [0.25, 0.3) is 0 Å². The molecule has 66 heavy (non-hydrogen) atoms. The minimum atomic E-state index is -4.74. The molecule has 11 nitrogen and oxygen atoms in total. The summed E-state index contributed by atoms with van der Waals surface area (Å²) in [6.07, 6.45) is 50.5. The normalized spacial score (nSPS) is 14.0. The van der Waals surface area contributed by atoms with Gasteiger partial charge in [0.15, 0.2) is 6.10 Å². The van der Waals surface area contributed by atoms with E-state index in [1.165, 1.54) is 51.4 Å². The molecule has 3 atom stereocenters. The van der Waals surface area contributed by atoms with Crippen LogP contribution in [0.2, 0.25) is 0 Å². The Morgan fingerprint density at radius 2 is 0.788 bits per heavy atom. The average Bonchev–Trinajstić information content (AvgIpc) is 3.30. The number of aliphatic hydroxyl groups is 1. The Kier molecular flexibility index (Phi) is 46.6. The van der Waals surface area contributed by atoms with E-state index < -0.39 is 57.8 Å². The van der Waals surface area contributed by atoms with Crippen molar-refractivity contribution >= 4 is 25.7 Å². The fourth-order valence-electron chi connectivity index (χ4n) is 6.93. The summed E-state index contributed by atoms with van der Waals surface area (Å²) in [5.41, 5.74) is 0. The molecule has 0 heterocycles. The summed E-state index contributed by atoms with van der Waals surface area (Å²) in [7, 11) is -4.74. The minimum Gasteiger partial charge on any atom is -0.462 e. The fourth-order valence-corrected chi connectivity index (χ4v) is 7.71. The lowest BCUT2D eigenvalue weighted by Gasteiger charge is -2.21. The Hall–Kier alpha value is -2.82. The highest BCUT2D eigenvalue weighted by atomic mass is 31.2. The number of ether oxygens (including phenoxy) is 3. The number of esters is 3. The van der Waals surface area contributed by atoms with Crippen LogP contribution in [-0.4, -0.2) is 66.5 Å². The number of phosphoric ester groups is 1. The van der Waals surface area contributed by atoms with Gasteiger partial charge < -0.3 is 24.2 Å². The molecule has 0 fully saturated rings. The summed E-state index contributed by atoms with van der Waals surface area (Å²) < 4.78 is 39.3. The van der Waals surface area contributed by atoms with Crippen LogP contribution in [-0.2, 0) is 42.2 Å². The van der Waals surface area contributed by atoms with Crippen molar-refractivity contribution in [1.29, 1.82) is 0 Å². The number of allylic oxidation sites excluding steroid dienone is 10. The number of phosphoric acid groups is 1. The van der Waals surface area contributed by atoms with Crippen LogP contribution in [0.3, 0.4) is 0 Å². The molecule has 0 amide bonds. The van der Waals surface area contributed by atoms with Crippen molar-refractivity contribution in [2.75, 3.05) is 26.4 Å². The molecule has 3 unspecified atom stereocenters. The van der Waals surface area contributed by atoms with E-state index in [9.17, 15) is 28.9 Å². The van der Waals surface area contributed by atoms with Gasteiger partial charge in [-0.2, -0.15) is 0 Å². The lowest BCUT2D eigenvalue weighted by molar-refractivity contribution is -0.161. The van der Waals surface area contributed by atoms with Crippen LogP contribution < -0.4 is 0 Å². The maximum Gasteiger partial charge on any atom is 0.472 e. The van der Waals surface area contributed by atoms with Crippen molar-refractivity contribution in [2.24, 2.45) is 0 Å². The highest BCUT2D eigenvalue weighted by Gasteiger charge is 2.28. The van der Waals surface area contributed by atoms with E-state index in [1.54, 1.807) is 0 Å². The molecule has 0 aliphatic rings. The second kappa shape index (κ2) is 48.6. The predicted octanol–water partition coefficient (Wildman–Crippen LogP) is 14.8. The molecular weight excluding hydrogens is 856 g/mol. The molecule has 382 valence electrons. The van der Waals surface area contributed by atoms with E-state index in [4.69, 9.17) is 23.3 Å². The monoisotopic (exact) mass is 951 g/mol. The van der Waals surface area contributed by atoms with E-state index in [0.717, 1.165) is 116 Å². The molecular formula is C54H95O11P. The number of rotatable bonds is 48. The SMILES string of the molecule is CC/C=C\C/C=C\C/C=C\CCCCCCCC(=O)OC(COC(=O)CCCCCCC/C=C\C/C=C\CCCCC)COP(=O)(O)OCC(CO)OC(=O)CCCCCCCCCCC. The van der Waals surface area contributed by atoms with Crippen LogP contribution in [0.15, 0.2) is 60.8 Å². The zero-order valence-electron chi connectivity index (χ0n) is 41.9. The highest BCUT2D eigenvalue weighted by molar-refractivity contribution is 7.47. The third kappa shape index (κ3) is 46.3. The molecule has 0 aliphatic carbocycles. The largest absolute Gasteiger partial charge is 0.472 e. The fraction of sp³-hybridized carbons (Fsp3) is 0.759. The Bertz CT molecular complexity index is 1340. The maximum atomic E-state index is 12.8. The summed E-state index contributed by atoms with van der Waals surface area (Å²) >= 11 is 0. The summed E-state index contributed by atoms with van der Waals surface area (Å²) in [4.78, 5) is 48.3. The number of carbonyl (C=O) groups excluding carboxylic acids is 3. The summed E-state index contributed by atoms with van der Waals surface area (Å²) in [5.74, 6) is -1.50. The van der Waals surface area contributed by atoms with Crippen molar-refractivity contribution in [3.8, 4) is 0 Å². The van der Waals surface area contributed by atoms with Crippen LogP contribution >= 0.6 is 7.82 Å².